The van der Waals surface area contributed by atoms with Crippen LogP contribution in [0.4, 0.5) is 0 Å². The Balaban J connectivity index is 0.000000281. The maximum atomic E-state index is 11.8. The van der Waals surface area contributed by atoms with Crippen LogP contribution in [0.1, 0.15) is 53.4 Å². The number of nitrogens with zero attached hydrogens (tertiary/aromatic N) is 4. The summed E-state index contributed by atoms with van der Waals surface area (Å²) in [7, 11) is 0. The van der Waals surface area contributed by atoms with Crippen LogP contribution in [0.2, 0.25) is 0 Å². The van der Waals surface area contributed by atoms with E-state index in [1.165, 1.54) is 13.0 Å². The summed E-state index contributed by atoms with van der Waals surface area (Å²) < 4.78 is 5.68. The summed E-state index contributed by atoms with van der Waals surface area (Å²) in [6.07, 6.45) is 3.82. The van der Waals surface area contributed by atoms with Crippen LogP contribution in [0.15, 0.2) is 12.7 Å². The zero-order valence-corrected chi connectivity index (χ0v) is 16.0. The summed E-state index contributed by atoms with van der Waals surface area (Å²) in [5.74, 6) is -0.473. The molecule has 8 heteroatoms. The number of hydrogen-bond acceptors (Lipinski definition) is 5. The second-order valence-electron chi connectivity index (χ2n) is 7.91. The van der Waals surface area contributed by atoms with Crippen LogP contribution in [-0.2, 0) is 19.1 Å². The van der Waals surface area contributed by atoms with Crippen molar-refractivity contribution in [2.45, 2.75) is 70.6 Å². The Morgan fingerprint density at radius 3 is 2.66 bits per heavy atom. The van der Waals surface area contributed by atoms with Gasteiger partial charge in [0.2, 0.25) is 0 Å². The monoisotopic (exact) mass is 398 g/mol. The number of ether oxygens (including phenoxy) is 1. The minimum Gasteiger partial charge on any atom is -0.364 e. The Morgan fingerprint density at radius 1 is 1.55 bits per heavy atom. The molecular weight excluding hydrogens is 372 g/mol. The molecule has 2 aliphatic carbocycles. The molecule has 2 saturated heterocycles. The maximum Gasteiger partial charge on any atom is 0.331 e. The lowest BCUT2D eigenvalue weighted by molar-refractivity contribution is -0.151. The number of Topliss-reactive ketones (excluding diaryl/α,β-unsaturated/α-hetero) is 3. The zero-order chi connectivity index (χ0) is 21.2. The van der Waals surface area contributed by atoms with Gasteiger partial charge in [-0.25, -0.2) is 6.57 Å². The lowest BCUT2D eigenvalue weighted by Gasteiger charge is -2.33. The molecule has 0 spiro atoms. The van der Waals surface area contributed by atoms with Crippen LogP contribution in [0, 0.1) is 29.2 Å². The summed E-state index contributed by atoms with van der Waals surface area (Å²) in [5.41, 5.74) is 5.88. The van der Waals surface area contributed by atoms with Crippen LogP contribution in [0.5, 0.6) is 0 Å². The van der Waals surface area contributed by atoms with E-state index < -0.39 is 16.7 Å². The molecule has 4 rings (SSSR count). The molecule has 0 aromatic carbocycles. The van der Waals surface area contributed by atoms with Crippen molar-refractivity contribution in [1.29, 1.82) is 5.26 Å². The third kappa shape index (κ3) is 4.10. The van der Waals surface area contributed by atoms with E-state index in [1.807, 2.05) is 6.92 Å². The normalized spacial score (nSPS) is 32.2. The van der Waals surface area contributed by atoms with E-state index in [1.54, 1.807) is 0 Å². The third-order valence-electron chi connectivity index (χ3n) is 5.87. The molecule has 154 valence electrons. The van der Waals surface area contributed by atoms with E-state index in [9.17, 15) is 14.4 Å². The van der Waals surface area contributed by atoms with Gasteiger partial charge in [-0.2, -0.15) is 10.1 Å². The molecule has 0 radical (unpaired) electrons. The predicted molar refractivity (Wildman–Crippen MR) is 105 cm³/mol. The van der Waals surface area contributed by atoms with Crippen LogP contribution in [0.3, 0.4) is 0 Å². The largest absolute Gasteiger partial charge is 0.364 e. The van der Waals surface area contributed by atoms with Gasteiger partial charge in [-0.3, -0.25) is 14.4 Å². The molecule has 4 unspecified atom stereocenters. The lowest BCUT2D eigenvalue weighted by atomic mass is 9.74. The summed E-state index contributed by atoms with van der Waals surface area (Å²) in [6.45, 7) is 13.7. The van der Waals surface area contributed by atoms with Crippen molar-refractivity contribution in [3.8, 4) is 6.07 Å². The minimum absolute atomic E-state index is 0. The second-order valence-corrected chi connectivity index (χ2v) is 7.91. The number of carbonyl (C=O) groups is 3. The molecule has 0 aromatic heterocycles. The summed E-state index contributed by atoms with van der Waals surface area (Å²) in [4.78, 5) is 40.0. The number of rotatable bonds is 6. The van der Waals surface area contributed by atoms with Crippen molar-refractivity contribution in [3.63, 3.8) is 0 Å². The van der Waals surface area contributed by atoms with E-state index in [0.717, 1.165) is 12.8 Å². The lowest BCUT2D eigenvalue weighted by Crippen LogP contribution is -2.45. The van der Waals surface area contributed by atoms with Crippen molar-refractivity contribution in [1.82, 2.24) is 0 Å². The van der Waals surface area contributed by atoms with Gasteiger partial charge in [-0.15, -0.1) is 6.58 Å². The number of nitriles is 1. The van der Waals surface area contributed by atoms with E-state index in [2.05, 4.69) is 22.3 Å². The fourth-order valence-corrected chi connectivity index (χ4v) is 4.57. The number of hydrogen-bond donors (Lipinski definition) is 0. The molecule has 2 saturated carbocycles. The second kappa shape index (κ2) is 8.61. The average Bonchev–Trinajstić information content (AvgIpc) is 3.04. The van der Waals surface area contributed by atoms with Crippen molar-refractivity contribution in [3.05, 3.63) is 29.6 Å². The number of ketones is 3. The maximum absolute atomic E-state index is 11.8. The molecular formula is C21H26N4O4. The highest BCUT2D eigenvalue weighted by Gasteiger charge is 2.68. The molecule has 4 bridgehead atoms. The van der Waals surface area contributed by atoms with Gasteiger partial charge in [-0.1, -0.05) is 13.5 Å². The molecule has 4 aliphatic rings. The molecule has 8 nitrogen and oxygen atoms in total. The van der Waals surface area contributed by atoms with Crippen molar-refractivity contribution in [2.24, 2.45) is 11.3 Å². The smallest absolute Gasteiger partial charge is 0.331 e. The molecule has 2 heterocycles. The van der Waals surface area contributed by atoms with Gasteiger partial charge in [0.05, 0.1) is 24.5 Å². The molecule has 4 fully saturated rings. The first-order valence-corrected chi connectivity index (χ1v) is 8.96. The number of carbonyl (C=O) groups excluding carboxylic acids is 3. The highest BCUT2D eigenvalue weighted by atomic mass is 16.5. The van der Waals surface area contributed by atoms with E-state index in [0.29, 0.717) is 18.6 Å². The SMILES string of the molecule is C.CC12CC3(C#N)CC1CC(O2)C3=O.[C-]#[N+][C@](CC=C)(CC(C)=O)C(=O)C=[N+]=[N-]. The third-order valence-corrected chi connectivity index (χ3v) is 5.87. The summed E-state index contributed by atoms with van der Waals surface area (Å²) >= 11 is 0. The topological polar surface area (TPSA) is 125 Å². The predicted octanol–water partition coefficient (Wildman–Crippen LogP) is 2.74. The van der Waals surface area contributed by atoms with Crippen LogP contribution < -0.4 is 0 Å². The zero-order valence-electron chi connectivity index (χ0n) is 16.0. The van der Waals surface area contributed by atoms with Gasteiger partial charge in [0.15, 0.2) is 5.78 Å². The van der Waals surface area contributed by atoms with Gasteiger partial charge in [0.25, 0.3) is 0 Å². The summed E-state index contributed by atoms with van der Waals surface area (Å²) in [6, 6.07) is 2.22. The molecule has 0 aromatic rings. The average molecular weight is 398 g/mol. The van der Waals surface area contributed by atoms with Crippen molar-refractivity contribution in [2.75, 3.05) is 0 Å². The van der Waals surface area contributed by atoms with Gasteiger partial charge in [0, 0.05) is 6.42 Å². The quantitative estimate of drug-likeness (QED) is 0.224. The Bertz CT molecular complexity index is 863. The van der Waals surface area contributed by atoms with Gasteiger partial charge >= 0.3 is 17.5 Å². The van der Waals surface area contributed by atoms with E-state index in [4.69, 9.17) is 22.1 Å². The minimum atomic E-state index is -1.50. The van der Waals surface area contributed by atoms with Gasteiger partial charge < -0.3 is 15.1 Å². The fraction of sp³-hybridized carbons (Fsp3) is 0.619. The first-order valence-electron chi connectivity index (χ1n) is 8.96. The summed E-state index contributed by atoms with van der Waals surface area (Å²) in [5, 5.41) is 9.06. The molecule has 5 atom stereocenters. The highest BCUT2D eigenvalue weighted by Crippen LogP contribution is 2.61. The first kappa shape index (κ1) is 24.1. The Hall–Kier alpha value is -2.93. The Kier molecular flexibility index (Phi) is 7.16. The Morgan fingerprint density at radius 2 is 2.21 bits per heavy atom. The van der Waals surface area contributed by atoms with Crippen LogP contribution >= 0.6 is 0 Å². The van der Waals surface area contributed by atoms with Crippen molar-refractivity contribution < 1.29 is 23.9 Å². The van der Waals surface area contributed by atoms with E-state index >= 15 is 0 Å². The molecule has 2 aliphatic heterocycles. The van der Waals surface area contributed by atoms with Crippen molar-refractivity contribution >= 4 is 23.6 Å². The van der Waals surface area contributed by atoms with Gasteiger partial charge in [0.1, 0.15) is 17.3 Å². The Labute approximate surface area is 171 Å². The van der Waals surface area contributed by atoms with E-state index in [-0.39, 0.29) is 43.5 Å². The van der Waals surface area contributed by atoms with Crippen LogP contribution in [0.25, 0.3) is 10.4 Å². The highest BCUT2D eigenvalue weighted by molar-refractivity contribution is 6.31. The molecule has 29 heavy (non-hydrogen) atoms. The standard InChI is InChI=1S/C10H11N3O2.C10H11NO2.CH4/c1-4-5-10(12-3,6-8(2)14)9(15)7-13-11;1-9-4-10(5-11)3-6(9)2-7(13-9)8(10)12;/h4,7H,1,5-6H2,2H3;6-7H,2-4H2,1H3;1H4/t10-;;/m1../s1. The first-order chi connectivity index (χ1) is 13.1. The van der Waals surface area contributed by atoms with Crippen LogP contribution in [-0.4, -0.2) is 45.6 Å². The van der Waals surface area contributed by atoms with Gasteiger partial charge in [-0.05, 0) is 32.6 Å². The fourth-order valence-electron chi connectivity index (χ4n) is 4.57. The molecule has 0 amide bonds. The molecule has 0 N–H and O–H groups in total.